The van der Waals surface area contributed by atoms with E-state index in [1.807, 2.05) is 18.2 Å². The summed E-state index contributed by atoms with van der Waals surface area (Å²) >= 11 is 3.52. The third-order valence-electron chi connectivity index (χ3n) is 3.45. The molecule has 0 atom stereocenters. The summed E-state index contributed by atoms with van der Waals surface area (Å²) in [6.45, 7) is 4.91. The van der Waals surface area contributed by atoms with Crippen molar-refractivity contribution in [1.82, 2.24) is 0 Å². The van der Waals surface area contributed by atoms with Crippen LogP contribution < -0.4 is 14.8 Å². The average molecular weight is 350 g/mol. The summed E-state index contributed by atoms with van der Waals surface area (Å²) in [6, 6.07) is 10.1. The molecular formula is C17H20BrNO2. The molecule has 0 aliphatic rings. The highest BCUT2D eigenvalue weighted by atomic mass is 79.9. The maximum absolute atomic E-state index is 5.43. The Morgan fingerprint density at radius 3 is 2.24 bits per heavy atom. The van der Waals surface area contributed by atoms with Crippen LogP contribution in [0.2, 0.25) is 0 Å². The fourth-order valence-corrected chi connectivity index (χ4v) is 3.06. The molecule has 21 heavy (non-hydrogen) atoms. The minimum Gasteiger partial charge on any atom is -0.497 e. The van der Waals surface area contributed by atoms with Gasteiger partial charge in [-0.1, -0.05) is 15.9 Å². The molecule has 0 aliphatic heterocycles. The molecule has 0 bridgehead atoms. The lowest BCUT2D eigenvalue weighted by Gasteiger charge is -2.15. The van der Waals surface area contributed by atoms with Crippen LogP contribution in [0.1, 0.15) is 16.7 Å². The number of benzene rings is 2. The molecule has 0 amide bonds. The van der Waals surface area contributed by atoms with Crippen LogP contribution in [-0.2, 0) is 6.54 Å². The molecule has 2 rings (SSSR count). The molecule has 112 valence electrons. The molecule has 2 aromatic rings. The van der Waals surface area contributed by atoms with Gasteiger partial charge in [0.15, 0.2) is 0 Å². The van der Waals surface area contributed by atoms with Crippen LogP contribution >= 0.6 is 15.9 Å². The largest absolute Gasteiger partial charge is 0.497 e. The Bertz CT molecular complexity index is 618. The van der Waals surface area contributed by atoms with Crippen LogP contribution in [-0.4, -0.2) is 14.2 Å². The van der Waals surface area contributed by atoms with Gasteiger partial charge in [-0.05, 0) is 49.2 Å². The van der Waals surface area contributed by atoms with Gasteiger partial charge in [0.1, 0.15) is 11.5 Å². The molecule has 2 aromatic carbocycles. The normalized spacial score (nSPS) is 10.3. The Balaban J connectivity index is 2.20. The molecule has 0 heterocycles. The van der Waals surface area contributed by atoms with Crippen molar-refractivity contribution in [2.45, 2.75) is 20.4 Å². The molecule has 0 fully saturated rings. The number of methoxy groups -OCH3 is 2. The zero-order valence-corrected chi connectivity index (χ0v) is 14.4. The van der Waals surface area contributed by atoms with E-state index in [1.165, 1.54) is 11.1 Å². The van der Waals surface area contributed by atoms with Crippen molar-refractivity contribution in [2.75, 3.05) is 19.5 Å². The summed E-state index contributed by atoms with van der Waals surface area (Å²) in [5.41, 5.74) is 4.69. The van der Waals surface area contributed by atoms with E-state index in [1.54, 1.807) is 14.2 Å². The molecule has 1 N–H and O–H groups in total. The summed E-state index contributed by atoms with van der Waals surface area (Å²) in [7, 11) is 3.33. The fourth-order valence-electron chi connectivity index (χ4n) is 2.37. The zero-order chi connectivity index (χ0) is 15.4. The molecule has 0 aromatic heterocycles. The summed E-state index contributed by atoms with van der Waals surface area (Å²) in [5.74, 6) is 1.63. The van der Waals surface area contributed by atoms with Gasteiger partial charge in [0.05, 0.1) is 14.2 Å². The van der Waals surface area contributed by atoms with E-state index in [-0.39, 0.29) is 0 Å². The standard InChI is InChI=1S/C17H20BrNO2/c1-11-7-14(18)8-12(2)17(11)19-10-13-5-6-15(20-3)9-16(13)21-4/h5-9,19H,10H2,1-4H3. The summed E-state index contributed by atoms with van der Waals surface area (Å²) in [5, 5.41) is 3.50. The van der Waals surface area contributed by atoms with E-state index < -0.39 is 0 Å². The highest BCUT2D eigenvalue weighted by Crippen LogP contribution is 2.28. The van der Waals surface area contributed by atoms with Gasteiger partial charge in [-0.15, -0.1) is 0 Å². The van der Waals surface area contributed by atoms with Crippen LogP contribution in [0.5, 0.6) is 11.5 Å². The van der Waals surface area contributed by atoms with E-state index in [2.05, 4.69) is 47.2 Å². The fraction of sp³-hybridized carbons (Fsp3) is 0.294. The summed E-state index contributed by atoms with van der Waals surface area (Å²) in [4.78, 5) is 0. The zero-order valence-electron chi connectivity index (χ0n) is 12.8. The van der Waals surface area contributed by atoms with Gasteiger partial charge in [-0.3, -0.25) is 0 Å². The maximum Gasteiger partial charge on any atom is 0.127 e. The van der Waals surface area contributed by atoms with E-state index in [0.717, 1.165) is 27.2 Å². The smallest absolute Gasteiger partial charge is 0.127 e. The minimum absolute atomic E-state index is 0.705. The topological polar surface area (TPSA) is 30.5 Å². The maximum atomic E-state index is 5.43. The van der Waals surface area contributed by atoms with Crippen LogP contribution in [0.25, 0.3) is 0 Å². The Morgan fingerprint density at radius 1 is 1.00 bits per heavy atom. The predicted octanol–water partition coefficient (Wildman–Crippen LogP) is 4.70. The number of ether oxygens (including phenoxy) is 2. The SMILES string of the molecule is COc1ccc(CNc2c(C)cc(Br)cc2C)c(OC)c1. The highest BCUT2D eigenvalue weighted by Gasteiger charge is 2.08. The Kier molecular flexibility index (Phi) is 5.12. The van der Waals surface area contributed by atoms with Crippen molar-refractivity contribution in [3.8, 4) is 11.5 Å². The molecule has 3 nitrogen and oxygen atoms in total. The third-order valence-corrected chi connectivity index (χ3v) is 3.91. The number of nitrogens with one attached hydrogen (secondary N) is 1. The first kappa shape index (κ1) is 15.7. The Morgan fingerprint density at radius 2 is 1.67 bits per heavy atom. The van der Waals surface area contributed by atoms with Gasteiger partial charge in [-0.2, -0.15) is 0 Å². The molecule has 0 saturated heterocycles. The Labute approximate surface area is 134 Å². The van der Waals surface area contributed by atoms with Crippen molar-refractivity contribution >= 4 is 21.6 Å². The summed E-state index contributed by atoms with van der Waals surface area (Å²) < 4.78 is 11.8. The van der Waals surface area contributed by atoms with Crippen LogP contribution in [0, 0.1) is 13.8 Å². The monoisotopic (exact) mass is 349 g/mol. The lowest BCUT2D eigenvalue weighted by atomic mass is 10.1. The number of rotatable bonds is 5. The third kappa shape index (κ3) is 3.70. The first-order valence-electron chi connectivity index (χ1n) is 6.76. The lowest BCUT2D eigenvalue weighted by molar-refractivity contribution is 0.391. The predicted molar refractivity (Wildman–Crippen MR) is 90.5 cm³/mol. The first-order valence-corrected chi connectivity index (χ1v) is 7.56. The minimum atomic E-state index is 0.705. The molecular weight excluding hydrogens is 330 g/mol. The number of anilines is 1. The second-order valence-electron chi connectivity index (χ2n) is 4.95. The quantitative estimate of drug-likeness (QED) is 0.848. The lowest BCUT2D eigenvalue weighted by Crippen LogP contribution is -2.04. The van der Waals surface area contributed by atoms with E-state index in [4.69, 9.17) is 9.47 Å². The second kappa shape index (κ2) is 6.85. The van der Waals surface area contributed by atoms with Gasteiger partial charge < -0.3 is 14.8 Å². The number of aryl methyl sites for hydroxylation is 2. The van der Waals surface area contributed by atoms with E-state index >= 15 is 0 Å². The molecule has 0 spiro atoms. The van der Waals surface area contributed by atoms with Gasteiger partial charge in [0.2, 0.25) is 0 Å². The van der Waals surface area contributed by atoms with E-state index in [0.29, 0.717) is 6.54 Å². The molecule has 0 radical (unpaired) electrons. The van der Waals surface area contributed by atoms with E-state index in [9.17, 15) is 0 Å². The van der Waals surface area contributed by atoms with Crippen LogP contribution in [0.15, 0.2) is 34.8 Å². The second-order valence-corrected chi connectivity index (χ2v) is 5.86. The van der Waals surface area contributed by atoms with Crippen molar-refractivity contribution in [3.63, 3.8) is 0 Å². The van der Waals surface area contributed by atoms with Gasteiger partial charge in [0.25, 0.3) is 0 Å². The first-order chi connectivity index (χ1) is 10.0. The Hall–Kier alpha value is -1.68. The van der Waals surface area contributed by atoms with Gasteiger partial charge in [0, 0.05) is 28.3 Å². The van der Waals surface area contributed by atoms with Crippen molar-refractivity contribution < 1.29 is 9.47 Å². The van der Waals surface area contributed by atoms with Crippen LogP contribution in [0.4, 0.5) is 5.69 Å². The number of hydrogen-bond donors (Lipinski definition) is 1. The summed E-state index contributed by atoms with van der Waals surface area (Å²) in [6.07, 6.45) is 0. The van der Waals surface area contributed by atoms with Gasteiger partial charge in [-0.25, -0.2) is 0 Å². The number of hydrogen-bond acceptors (Lipinski definition) is 3. The molecule has 0 unspecified atom stereocenters. The average Bonchev–Trinajstić information content (AvgIpc) is 2.46. The van der Waals surface area contributed by atoms with Crippen molar-refractivity contribution in [1.29, 1.82) is 0 Å². The number of halogens is 1. The highest BCUT2D eigenvalue weighted by molar-refractivity contribution is 9.10. The van der Waals surface area contributed by atoms with Crippen molar-refractivity contribution in [3.05, 3.63) is 51.5 Å². The van der Waals surface area contributed by atoms with Crippen LogP contribution in [0.3, 0.4) is 0 Å². The molecule has 0 saturated carbocycles. The molecule has 0 aliphatic carbocycles. The van der Waals surface area contributed by atoms with Gasteiger partial charge >= 0.3 is 0 Å². The van der Waals surface area contributed by atoms with Crippen molar-refractivity contribution in [2.24, 2.45) is 0 Å². The molecule has 4 heteroatoms.